The van der Waals surface area contributed by atoms with Crippen LogP contribution in [0.2, 0.25) is 0 Å². The van der Waals surface area contributed by atoms with E-state index in [-0.39, 0.29) is 11.9 Å². The summed E-state index contributed by atoms with van der Waals surface area (Å²) in [6, 6.07) is 0. The molecule has 2 fully saturated rings. The van der Waals surface area contributed by atoms with Gasteiger partial charge in [0.05, 0.1) is 0 Å². The lowest BCUT2D eigenvalue weighted by Gasteiger charge is -2.07. The Balaban J connectivity index is 1.41. The van der Waals surface area contributed by atoms with Crippen molar-refractivity contribution in [3.63, 3.8) is 0 Å². The van der Waals surface area contributed by atoms with Crippen LogP contribution in [0.1, 0.15) is 64.2 Å². The van der Waals surface area contributed by atoms with Gasteiger partial charge >= 0.3 is 11.9 Å². The topological polar surface area (TPSA) is 43.4 Å². The Bertz CT molecular complexity index is 332. The van der Waals surface area contributed by atoms with E-state index < -0.39 is 0 Å². The largest absolute Gasteiger partial charge is 0.393 e. The number of hydrogen-bond donors (Lipinski definition) is 0. The van der Waals surface area contributed by atoms with Crippen LogP contribution in [0.5, 0.6) is 0 Å². The number of unbranched alkanes of at least 4 members (excludes halogenated alkanes) is 2. The molecule has 0 aromatic heterocycles. The molecule has 2 atom stereocenters. The minimum atomic E-state index is -0.341. The van der Waals surface area contributed by atoms with Crippen LogP contribution in [0.3, 0.4) is 0 Å². The van der Waals surface area contributed by atoms with E-state index in [0.29, 0.717) is 12.8 Å². The van der Waals surface area contributed by atoms with Crippen molar-refractivity contribution in [1.82, 2.24) is 0 Å². The normalized spacial score (nSPS) is 24.0. The first kappa shape index (κ1) is 19.9. The molecule has 0 aliphatic carbocycles. The minimum absolute atomic E-state index is 0.341. The van der Waals surface area contributed by atoms with Crippen LogP contribution in [0.4, 0.5) is 0 Å². The van der Waals surface area contributed by atoms with Gasteiger partial charge in [-0.2, -0.15) is 0 Å². The average molecular weight is 395 g/mol. The van der Waals surface area contributed by atoms with Gasteiger partial charge in [0, 0.05) is 34.8 Å². The molecular formula is C16H26O3S4. The molecule has 2 saturated heterocycles. The highest BCUT2D eigenvalue weighted by Crippen LogP contribution is 2.40. The van der Waals surface area contributed by atoms with E-state index in [2.05, 4.69) is 0 Å². The summed E-state index contributed by atoms with van der Waals surface area (Å²) in [5.41, 5.74) is 0. The molecule has 2 aliphatic rings. The van der Waals surface area contributed by atoms with Crippen molar-refractivity contribution in [1.29, 1.82) is 0 Å². The molecule has 0 amide bonds. The molecule has 0 bridgehead atoms. The lowest BCUT2D eigenvalue weighted by Crippen LogP contribution is -2.12. The van der Waals surface area contributed by atoms with E-state index in [1.165, 1.54) is 37.2 Å². The molecular weight excluding hydrogens is 368 g/mol. The van der Waals surface area contributed by atoms with Crippen LogP contribution in [0, 0.1) is 0 Å². The number of carbonyl (C=O) groups excluding carboxylic acids is 2. The molecule has 0 aromatic carbocycles. The highest BCUT2D eigenvalue weighted by Gasteiger charge is 2.17. The first-order valence-electron chi connectivity index (χ1n) is 8.54. The van der Waals surface area contributed by atoms with Gasteiger partial charge in [-0.1, -0.05) is 56.0 Å². The number of carbonyl (C=O) groups is 2. The predicted molar refractivity (Wildman–Crippen MR) is 105 cm³/mol. The minimum Gasteiger partial charge on any atom is -0.393 e. The maximum absolute atomic E-state index is 11.6. The van der Waals surface area contributed by atoms with E-state index >= 15 is 0 Å². The Kier molecular flexibility index (Phi) is 10.3. The highest BCUT2D eigenvalue weighted by atomic mass is 33.1. The van der Waals surface area contributed by atoms with Crippen LogP contribution in [0.15, 0.2) is 0 Å². The van der Waals surface area contributed by atoms with E-state index in [1.807, 2.05) is 43.2 Å². The fourth-order valence-corrected chi connectivity index (χ4v) is 8.70. The van der Waals surface area contributed by atoms with Crippen molar-refractivity contribution in [3.05, 3.63) is 0 Å². The monoisotopic (exact) mass is 394 g/mol. The second-order valence-electron chi connectivity index (χ2n) is 6.00. The van der Waals surface area contributed by atoms with Crippen LogP contribution >= 0.6 is 43.2 Å². The summed E-state index contributed by atoms with van der Waals surface area (Å²) < 4.78 is 4.90. The molecule has 7 heteroatoms. The van der Waals surface area contributed by atoms with E-state index in [4.69, 9.17) is 4.74 Å². The Labute approximate surface area is 155 Å². The number of ether oxygens (including phenoxy) is 1. The third kappa shape index (κ3) is 8.98. The summed E-state index contributed by atoms with van der Waals surface area (Å²) >= 11 is 0. The van der Waals surface area contributed by atoms with Gasteiger partial charge in [-0.25, -0.2) is 0 Å². The summed E-state index contributed by atoms with van der Waals surface area (Å²) in [5, 5.41) is 1.52. The Morgan fingerprint density at radius 1 is 0.783 bits per heavy atom. The van der Waals surface area contributed by atoms with Gasteiger partial charge < -0.3 is 4.74 Å². The molecule has 0 aromatic rings. The van der Waals surface area contributed by atoms with Gasteiger partial charge in [-0.15, -0.1) is 0 Å². The van der Waals surface area contributed by atoms with Gasteiger partial charge in [0.15, 0.2) is 0 Å². The third-order valence-electron chi connectivity index (χ3n) is 4.00. The van der Waals surface area contributed by atoms with Crippen molar-refractivity contribution in [2.24, 2.45) is 0 Å². The van der Waals surface area contributed by atoms with Crippen molar-refractivity contribution in [2.45, 2.75) is 74.7 Å². The highest BCUT2D eigenvalue weighted by molar-refractivity contribution is 8.77. The molecule has 23 heavy (non-hydrogen) atoms. The van der Waals surface area contributed by atoms with Crippen molar-refractivity contribution in [2.75, 3.05) is 11.5 Å². The zero-order valence-electron chi connectivity index (χ0n) is 13.5. The maximum atomic E-state index is 11.6. The SMILES string of the molecule is O=C(CCCCC1CCSS1)OC(=O)CCCCC1CCSS1. The molecule has 2 aliphatic heterocycles. The average Bonchev–Trinajstić information content (AvgIpc) is 3.21. The standard InChI is InChI=1S/C16H26O3S4/c17-15(7-3-1-5-13-9-11-20-22-13)19-16(18)8-4-2-6-14-10-12-21-23-14/h13-14H,1-12H2. The number of rotatable bonds is 10. The summed E-state index contributed by atoms with van der Waals surface area (Å²) in [4.78, 5) is 23.3. The van der Waals surface area contributed by atoms with Gasteiger partial charge in [0.1, 0.15) is 0 Å². The van der Waals surface area contributed by atoms with Gasteiger partial charge in [0.2, 0.25) is 0 Å². The Morgan fingerprint density at radius 2 is 1.26 bits per heavy atom. The molecule has 2 heterocycles. The molecule has 0 radical (unpaired) electrons. The fraction of sp³-hybridized carbons (Fsp3) is 0.875. The fourth-order valence-electron chi connectivity index (χ4n) is 2.64. The maximum Gasteiger partial charge on any atom is 0.313 e. The first-order chi connectivity index (χ1) is 11.2. The summed E-state index contributed by atoms with van der Waals surface area (Å²) in [7, 11) is 7.85. The zero-order chi connectivity index (χ0) is 16.3. The lowest BCUT2D eigenvalue weighted by molar-refractivity contribution is -0.159. The molecule has 2 unspecified atom stereocenters. The Morgan fingerprint density at radius 3 is 1.65 bits per heavy atom. The van der Waals surface area contributed by atoms with Crippen molar-refractivity contribution < 1.29 is 14.3 Å². The van der Waals surface area contributed by atoms with Crippen molar-refractivity contribution >= 4 is 55.1 Å². The molecule has 0 N–H and O–H groups in total. The lowest BCUT2D eigenvalue weighted by atomic mass is 10.1. The predicted octanol–water partition coefficient (Wildman–Crippen LogP) is 5.48. The van der Waals surface area contributed by atoms with Crippen LogP contribution < -0.4 is 0 Å². The zero-order valence-corrected chi connectivity index (χ0v) is 16.8. The summed E-state index contributed by atoms with van der Waals surface area (Å²) in [5.74, 6) is 1.83. The molecule has 0 saturated carbocycles. The number of esters is 2. The van der Waals surface area contributed by atoms with E-state index in [0.717, 1.165) is 36.2 Å². The summed E-state index contributed by atoms with van der Waals surface area (Å²) in [6.45, 7) is 0. The molecule has 0 spiro atoms. The molecule has 132 valence electrons. The van der Waals surface area contributed by atoms with Crippen LogP contribution in [0.25, 0.3) is 0 Å². The second-order valence-corrected chi connectivity index (χ2v) is 11.6. The van der Waals surface area contributed by atoms with Gasteiger partial charge in [0.25, 0.3) is 0 Å². The first-order valence-corrected chi connectivity index (χ1v) is 13.3. The Hall–Kier alpha value is 0.540. The van der Waals surface area contributed by atoms with Crippen molar-refractivity contribution in [3.8, 4) is 0 Å². The smallest absolute Gasteiger partial charge is 0.313 e. The molecule has 2 rings (SSSR count). The quantitative estimate of drug-likeness (QED) is 0.210. The summed E-state index contributed by atoms with van der Waals surface area (Å²) in [6.07, 6.45) is 9.48. The van der Waals surface area contributed by atoms with Crippen LogP contribution in [-0.2, 0) is 14.3 Å². The number of hydrogen-bond acceptors (Lipinski definition) is 7. The van der Waals surface area contributed by atoms with Crippen LogP contribution in [-0.4, -0.2) is 33.9 Å². The van der Waals surface area contributed by atoms with E-state index in [1.54, 1.807) is 0 Å². The third-order valence-corrected chi connectivity index (χ3v) is 10.0. The van der Waals surface area contributed by atoms with Gasteiger partial charge in [-0.05, 0) is 38.5 Å². The second kappa shape index (κ2) is 12.0. The van der Waals surface area contributed by atoms with E-state index in [9.17, 15) is 9.59 Å². The van der Waals surface area contributed by atoms with Gasteiger partial charge in [-0.3, -0.25) is 9.59 Å². The molecule has 3 nitrogen and oxygen atoms in total.